The maximum absolute atomic E-state index is 8.89. The molecule has 0 amide bonds. The molecule has 0 unspecified atom stereocenters. The molecule has 1 aromatic rings. The van der Waals surface area contributed by atoms with Gasteiger partial charge in [0.05, 0.1) is 13.2 Å². The lowest BCUT2D eigenvalue weighted by Gasteiger charge is -2.22. The van der Waals surface area contributed by atoms with E-state index in [-0.39, 0.29) is 0 Å². The third-order valence-corrected chi connectivity index (χ3v) is 4.26. The second-order valence-electron chi connectivity index (χ2n) is 4.83. The van der Waals surface area contributed by atoms with Gasteiger partial charge in [-0.05, 0) is 55.0 Å². The predicted octanol–water partition coefficient (Wildman–Crippen LogP) is 3.90. The minimum absolute atomic E-state index is 0.858. The van der Waals surface area contributed by atoms with Crippen LogP contribution in [0.5, 0.6) is 5.75 Å². The molecule has 4 heteroatoms. The normalized spacial score (nSPS) is 16.0. The van der Waals surface area contributed by atoms with Crippen LogP contribution >= 0.6 is 11.8 Å². The van der Waals surface area contributed by atoms with E-state index in [2.05, 4.69) is 29.2 Å². The van der Waals surface area contributed by atoms with E-state index in [0.717, 1.165) is 29.3 Å². The van der Waals surface area contributed by atoms with E-state index in [1.54, 1.807) is 24.9 Å². The molecule has 1 heterocycles. The van der Waals surface area contributed by atoms with Crippen molar-refractivity contribution in [2.24, 2.45) is 0 Å². The molecule has 0 aromatic heterocycles. The molecule has 0 N–H and O–H groups in total. The molecule has 1 aromatic carbocycles. The van der Waals surface area contributed by atoms with Crippen LogP contribution in [0.2, 0.25) is 0 Å². The van der Waals surface area contributed by atoms with Gasteiger partial charge in [0.1, 0.15) is 5.75 Å². The highest BCUT2D eigenvalue weighted by atomic mass is 32.2. The molecule has 0 aliphatic carbocycles. The van der Waals surface area contributed by atoms with Crippen LogP contribution < -0.4 is 4.74 Å². The number of hydrogen-bond acceptors (Lipinski definition) is 4. The second kappa shape index (κ2) is 7.80. The summed E-state index contributed by atoms with van der Waals surface area (Å²) >= 11 is 1.59. The Bertz CT molecular complexity index is 563. The number of methoxy groups -OCH3 is 1. The van der Waals surface area contributed by atoms with Gasteiger partial charge in [-0.25, -0.2) is 0 Å². The Hall–Kier alpha value is -1.86. The van der Waals surface area contributed by atoms with Crippen molar-refractivity contribution in [3.05, 3.63) is 46.9 Å². The summed E-state index contributed by atoms with van der Waals surface area (Å²) in [5.41, 5.74) is 2.35. The quantitative estimate of drug-likeness (QED) is 0.610. The highest BCUT2D eigenvalue weighted by molar-refractivity contribution is 8.02. The first-order valence-corrected chi connectivity index (χ1v) is 8.26. The number of benzene rings is 1. The van der Waals surface area contributed by atoms with Gasteiger partial charge in [-0.1, -0.05) is 0 Å². The lowest BCUT2D eigenvalue weighted by Crippen LogP contribution is -2.17. The number of hydrogen-bond donors (Lipinski definition) is 0. The smallest absolute Gasteiger partial charge is 0.118 e. The molecule has 1 saturated heterocycles. The first-order valence-electron chi connectivity index (χ1n) is 7.03. The Morgan fingerprint density at radius 1 is 1.29 bits per heavy atom. The molecular weight excluding hydrogens is 280 g/mol. The molecule has 3 nitrogen and oxygen atoms in total. The fourth-order valence-corrected chi connectivity index (χ4v) is 2.83. The number of nitrogens with zero attached hydrogens (tertiary/aromatic N) is 2. The molecule has 21 heavy (non-hydrogen) atoms. The molecule has 110 valence electrons. The average Bonchev–Trinajstić information content (AvgIpc) is 3.05. The maximum atomic E-state index is 8.89. The summed E-state index contributed by atoms with van der Waals surface area (Å²) in [6.07, 6.45) is 8.16. The topological polar surface area (TPSA) is 36.3 Å². The third-order valence-electron chi connectivity index (χ3n) is 3.55. The van der Waals surface area contributed by atoms with Crippen molar-refractivity contribution in [3.63, 3.8) is 0 Å². The molecule has 0 bridgehead atoms. The van der Waals surface area contributed by atoms with E-state index >= 15 is 0 Å². The molecule has 0 saturated carbocycles. The van der Waals surface area contributed by atoms with Crippen molar-refractivity contribution < 1.29 is 4.74 Å². The summed E-state index contributed by atoms with van der Waals surface area (Å²) in [5, 5.41) is 8.89. The second-order valence-corrected chi connectivity index (χ2v) is 5.71. The summed E-state index contributed by atoms with van der Waals surface area (Å²) in [4.78, 5) is 3.37. The predicted molar refractivity (Wildman–Crippen MR) is 89.0 cm³/mol. The van der Waals surface area contributed by atoms with Gasteiger partial charge in [0.15, 0.2) is 0 Å². The molecule has 2 rings (SSSR count). The first kappa shape index (κ1) is 15.5. The molecule has 0 spiro atoms. The lowest BCUT2D eigenvalue weighted by molar-refractivity contribution is 0.414. The number of allylic oxidation sites excluding steroid dienone is 2. The van der Waals surface area contributed by atoms with Gasteiger partial charge in [-0.3, -0.25) is 0 Å². The third kappa shape index (κ3) is 4.05. The summed E-state index contributed by atoms with van der Waals surface area (Å²) in [7, 11) is 1.67. The zero-order valence-corrected chi connectivity index (χ0v) is 13.3. The molecule has 1 aliphatic rings. The largest absolute Gasteiger partial charge is 0.497 e. The first-order chi connectivity index (χ1) is 10.3. The van der Waals surface area contributed by atoms with Crippen LogP contribution in [0.4, 0.5) is 0 Å². The molecular formula is C17H20N2OS. The van der Waals surface area contributed by atoms with E-state index in [1.807, 2.05) is 18.4 Å². The van der Waals surface area contributed by atoms with Crippen molar-refractivity contribution in [1.29, 1.82) is 5.26 Å². The Balaban J connectivity index is 2.37. The highest BCUT2D eigenvalue weighted by Crippen LogP contribution is 2.28. The minimum Gasteiger partial charge on any atom is -0.497 e. The summed E-state index contributed by atoms with van der Waals surface area (Å²) in [6.45, 7) is 2.15. The van der Waals surface area contributed by atoms with E-state index in [1.165, 1.54) is 18.5 Å². The van der Waals surface area contributed by atoms with Crippen LogP contribution in [-0.4, -0.2) is 31.4 Å². The summed E-state index contributed by atoms with van der Waals surface area (Å²) in [6, 6.07) is 10.2. The van der Waals surface area contributed by atoms with E-state index in [9.17, 15) is 0 Å². The number of likely N-dealkylation sites (tertiary alicyclic amines) is 1. The Morgan fingerprint density at radius 2 is 1.95 bits per heavy atom. The zero-order chi connectivity index (χ0) is 15.1. The van der Waals surface area contributed by atoms with Crippen LogP contribution in [0.1, 0.15) is 18.4 Å². The maximum Gasteiger partial charge on any atom is 0.118 e. The van der Waals surface area contributed by atoms with Gasteiger partial charge in [0.25, 0.3) is 0 Å². The molecule has 0 radical (unpaired) electrons. The SMILES string of the molecule is COc1ccc(/C(=C\C(=C/C#N)SC)N2CCCC2)cc1. The fourth-order valence-electron chi connectivity index (χ4n) is 2.43. The van der Waals surface area contributed by atoms with Crippen LogP contribution in [0, 0.1) is 11.3 Å². The summed E-state index contributed by atoms with van der Waals surface area (Å²) in [5.74, 6) is 0.858. The van der Waals surface area contributed by atoms with Crippen molar-refractivity contribution in [2.75, 3.05) is 26.5 Å². The van der Waals surface area contributed by atoms with Crippen LogP contribution in [0.15, 0.2) is 41.3 Å². The number of ether oxygens (including phenoxy) is 1. The molecule has 0 atom stereocenters. The number of thioether (sulfide) groups is 1. The van der Waals surface area contributed by atoms with Gasteiger partial charge < -0.3 is 9.64 Å². The van der Waals surface area contributed by atoms with E-state index < -0.39 is 0 Å². The van der Waals surface area contributed by atoms with Crippen LogP contribution in [0.25, 0.3) is 5.70 Å². The van der Waals surface area contributed by atoms with Crippen molar-refractivity contribution in [3.8, 4) is 11.8 Å². The standard InChI is InChI=1S/C17H20N2OS/c1-20-15-7-5-14(6-8-15)17(19-11-3-4-12-19)13-16(21-2)9-10-18/h5-9,13H,3-4,11-12H2,1-2H3/b16-9+,17-13+. The minimum atomic E-state index is 0.858. The van der Waals surface area contributed by atoms with Gasteiger partial charge >= 0.3 is 0 Å². The average molecular weight is 300 g/mol. The van der Waals surface area contributed by atoms with Crippen LogP contribution in [0.3, 0.4) is 0 Å². The van der Waals surface area contributed by atoms with Gasteiger partial charge in [-0.15, -0.1) is 11.8 Å². The molecule has 1 fully saturated rings. The highest BCUT2D eigenvalue weighted by Gasteiger charge is 2.16. The van der Waals surface area contributed by atoms with Crippen molar-refractivity contribution >= 4 is 17.5 Å². The Morgan fingerprint density at radius 3 is 2.48 bits per heavy atom. The Kier molecular flexibility index (Phi) is 5.77. The van der Waals surface area contributed by atoms with E-state index in [0.29, 0.717) is 0 Å². The molecule has 1 aliphatic heterocycles. The fraction of sp³-hybridized carbons (Fsp3) is 0.353. The monoisotopic (exact) mass is 300 g/mol. The lowest BCUT2D eigenvalue weighted by atomic mass is 10.1. The number of nitriles is 1. The number of rotatable bonds is 5. The zero-order valence-electron chi connectivity index (χ0n) is 12.5. The van der Waals surface area contributed by atoms with Crippen molar-refractivity contribution in [1.82, 2.24) is 4.90 Å². The van der Waals surface area contributed by atoms with Gasteiger partial charge in [0, 0.05) is 29.8 Å². The van der Waals surface area contributed by atoms with E-state index in [4.69, 9.17) is 10.00 Å². The van der Waals surface area contributed by atoms with Gasteiger partial charge in [-0.2, -0.15) is 5.26 Å². The van der Waals surface area contributed by atoms with Crippen LogP contribution in [-0.2, 0) is 0 Å². The summed E-state index contributed by atoms with van der Waals surface area (Å²) < 4.78 is 5.22. The van der Waals surface area contributed by atoms with Gasteiger partial charge in [0.2, 0.25) is 0 Å². The van der Waals surface area contributed by atoms with Crippen molar-refractivity contribution in [2.45, 2.75) is 12.8 Å². The Labute approximate surface area is 130 Å².